The van der Waals surface area contributed by atoms with Crippen LogP contribution in [0.2, 0.25) is 37.8 Å². The van der Waals surface area contributed by atoms with E-state index in [0.29, 0.717) is 0 Å². The topological polar surface area (TPSA) is 21.1 Å². The Bertz CT molecular complexity index is 370. The molecule has 1 rings (SSSR count). The summed E-state index contributed by atoms with van der Waals surface area (Å²) >= 11 is 0. The maximum Gasteiger partial charge on any atom is 0.176 e. The first kappa shape index (κ1) is 15.5. The molecule has 5 heteroatoms. The molecule has 104 valence electrons. The zero-order valence-electron chi connectivity index (χ0n) is 13.1. The molecule has 1 aromatic rings. The van der Waals surface area contributed by atoms with Crippen LogP contribution in [0.25, 0.3) is 0 Å². The third-order valence-electron chi connectivity index (χ3n) is 4.33. The first-order chi connectivity index (χ1) is 8.30. The molecule has 0 spiro atoms. The van der Waals surface area contributed by atoms with Crippen LogP contribution >= 0.6 is 0 Å². The maximum absolute atomic E-state index is 4.58. The van der Waals surface area contributed by atoms with Gasteiger partial charge < -0.3 is 4.57 Å². The lowest BCUT2D eigenvalue weighted by atomic mass is 10.6. The van der Waals surface area contributed by atoms with E-state index in [1.165, 1.54) is 23.8 Å². The summed E-state index contributed by atoms with van der Waals surface area (Å²) in [6, 6.07) is 3.94. The molecule has 0 saturated heterocycles. The van der Waals surface area contributed by atoms with E-state index in [0.717, 1.165) is 0 Å². The summed E-state index contributed by atoms with van der Waals surface area (Å²) < 4.78 is 4.77. The maximum atomic E-state index is 4.58. The van der Waals surface area contributed by atoms with E-state index in [1.54, 1.807) is 0 Å². The molecule has 0 saturated carbocycles. The number of hydrogen-bond acceptors (Lipinski definition) is 2. The lowest BCUT2D eigenvalue weighted by Crippen LogP contribution is -2.50. The molecule has 0 bridgehead atoms. The van der Waals surface area contributed by atoms with Crippen LogP contribution in [-0.4, -0.2) is 33.0 Å². The van der Waals surface area contributed by atoms with Crippen molar-refractivity contribution < 1.29 is 0 Å². The molecule has 3 nitrogen and oxygen atoms in total. The zero-order chi connectivity index (χ0) is 14.0. The van der Waals surface area contributed by atoms with Gasteiger partial charge in [0.25, 0.3) is 0 Å². The van der Waals surface area contributed by atoms with E-state index in [-0.39, 0.29) is 0 Å². The second-order valence-electron chi connectivity index (χ2n) is 6.16. The van der Waals surface area contributed by atoms with E-state index >= 15 is 0 Å². The molecule has 0 atom stereocenters. The molecule has 0 N–H and O–H groups in total. The van der Waals surface area contributed by atoms with Gasteiger partial charge in [-0.25, -0.2) is 0 Å². The van der Waals surface area contributed by atoms with Crippen LogP contribution in [0.15, 0.2) is 12.4 Å². The van der Waals surface area contributed by atoms with Crippen molar-refractivity contribution in [1.29, 1.82) is 0 Å². The Kier molecular flexibility index (Phi) is 4.83. The van der Waals surface area contributed by atoms with Crippen LogP contribution < -0.4 is 4.57 Å². The van der Waals surface area contributed by atoms with Crippen molar-refractivity contribution in [3.05, 3.63) is 12.4 Å². The van der Waals surface area contributed by atoms with Crippen molar-refractivity contribution in [3.8, 4) is 0 Å². The second kappa shape index (κ2) is 5.61. The molecule has 0 radical (unpaired) electrons. The lowest BCUT2D eigenvalue weighted by molar-refractivity contribution is 0.934. The Labute approximate surface area is 114 Å². The molecule has 18 heavy (non-hydrogen) atoms. The highest BCUT2D eigenvalue weighted by atomic mass is 28.3. The molecular formula is C13H29N3Si2. The van der Waals surface area contributed by atoms with E-state index in [1.807, 2.05) is 0 Å². The van der Waals surface area contributed by atoms with Crippen LogP contribution in [0.3, 0.4) is 0 Å². The first-order valence-electron chi connectivity index (χ1n) is 7.09. The first-order valence-corrected chi connectivity index (χ1v) is 13.1. The molecule has 0 aliphatic carbocycles. The monoisotopic (exact) mass is 283 g/mol. The van der Waals surface area contributed by atoms with E-state index in [4.69, 9.17) is 0 Å². The van der Waals surface area contributed by atoms with Crippen LogP contribution in [0, 0.1) is 0 Å². The molecule has 0 amide bonds. The number of aromatic nitrogens is 2. The molecule has 0 aliphatic rings. The highest BCUT2D eigenvalue weighted by Gasteiger charge is 2.33. The van der Waals surface area contributed by atoms with Gasteiger partial charge >= 0.3 is 0 Å². The van der Waals surface area contributed by atoms with Crippen LogP contribution in [0.5, 0.6) is 0 Å². The van der Waals surface area contributed by atoms with Gasteiger partial charge in [-0.1, -0.05) is 20.8 Å². The van der Waals surface area contributed by atoms with Gasteiger partial charge in [0.15, 0.2) is 16.5 Å². The Morgan fingerprint density at radius 2 is 1.61 bits per heavy atom. The van der Waals surface area contributed by atoms with Crippen molar-refractivity contribution in [2.45, 2.75) is 58.5 Å². The van der Waals surface area contributed by atoms with Gasteiger partial charge in [0.1, 0.15) is 0 Å². The Balaban J connectivity index is 3.03. The van der Waals surface area contributed by atoms with Crippen molar-refractivity contribution in [2.75, 3.05) is 11.6 Å². The fraction of sp³-hybridized carbons (Fsp3) is 0.769. The summed E-state index contributed by atoms with van der Waals surface area (Å²) in [5, 5.41) is 4.58. The minimum Gasteiger partial charge on any atom is -0.397 e. The Morgan fingerprint density at radius 1 is 1.11 bits per heavy atom. The zero-order valence-corrected chi connectivity index (χ0v) is 15.1. The van der Waals surface area contributed by atoms with Gasteiger partial charge in [-0.3, -0.25) is 4.35 Å². The van der Waals surface area contributed by atoms with Crippen molar-refractivity contribution >= 4 is 22.2 Å². The Morgan fingerprint density at radius 3 is 1.94 bits per heavy atom. The Hall–Kier alpha value is -0.556. The lowest BCUT2D eigenvalue weighted by Gasteiger charge is -2.39. The van der Waals surface area contributed by atoms with E-state index in [2.05, 4.69) is 73.9 Å². The molecule has 0 unspecified atom stereocenters. The average Bonchev–Trinajstić information content (AvgIpc) is 2.80. The predicted molar refractivity (Wildman–Crippen MR) is 86.6 cm³/mol. The van der Waals surface area contributed by atoms with Crippen LogP contribution in [0.1, 0.15) is 20.8 Å². The third kappa shape index (κ3) is 2.88. The summed E-state index contributed by atoms with van der Waals surface area (Å²) in [7, 11) is -0.394. The van der Waals surface area contributed by atoms with E-state index < -0.39 is 16.5 Å². The number of hydrogen-bond donors (Lipinski definition) is 0. The third-order valence-corrected chi connectivity index (χ3v) is 11.6. The molecule has 0 aliphatic heterocycles. The van der Waals surface area contributed by atoms with Crippen molar-refractivity contribution in [1.82, 2.24) is 9.45 Å². The molecule has 0 aromatic carbocycles. The highest BCUT2D eigenvalue weighted by Crippen LogP contribution is 2.28. The predicted octanol–water partition coefficient (Wildman–Crippen LogP) is 4.01. The normalized spacial score (nSPS) is 12.8. The van der Waals surface area contributed by atoms with Gasteiger partial charge in [0.05, 0.1) is 11.9 Å². The SMILES string of the molecule is CC[Si](CC)(CC)N(C)c1cnn([Si](C)(C)C)c1. The summed E-state index contributed by atoms with van der Waals surface area (Å²) in [6.45, 7) is 14.0. The van der Waals surface area contributed by atoms with Gasteiger partial charge in [-0.05, 0) is 44.8 Å². The minimum absolute atomic E-state index is 1.31. The minimum atomic E-state index is -1.35. The van der Waals surface area contributed by atoms with Gasteiger partial charge in [-0.15, -0.1) is 0 Å². The fourth-order valence-electron chi connectivity index (χ4n) is 2.59. The summed E-state index contributed by atoms with van der Waals surface area (Å²) in [5.74, 6) is 0. The number of nitrogens with zero attached hydrogens (tertiary/aromatic N) is 3. The van der Waals surface area contributed by atoms with Crippen LogP contribution in [-0.2, 0) is 0 Å². The van der Waals surface area contributed by atoms with Gasteiger partial charge in [0, 0.05) is 6.20 Å². The van der Waals surface area contributed by atoms with Gasteiger partial charge in [0.2, 0.25) is 0 Å². The van der Waals surface area contributed by atoms with Gasteiger partial charge in [-0.2, -0.15) is 5.10 Å². The van der Waals surface area contributed by atoms with E-state index in [9.17, 15) is 0 Å². The number of anilines is 1. The number of rotatable bonds is 6. The summed E-state index contributed by atoms with van der Waals surface area (Å²) in [4.78, 5) is 0. The van der Waals surface area contributed by atoms with Crippen molar-refractivity contribution in [2.24, 2.45) is 0 Å². The van der Waals surface area contributed by atoms with Crippen molar-refractivity contribution in [3.63, 3.8) is 0 Å². The average molecular weight is 284 g/mol. The fourth-order valence-corrected chi connectivity index (χ4v) is 7.10. The van der Waals surface area contributed by atoms with Crippen LogP contribution in [0.4, 0.5) is 5.69 Å². The smallest absolute Gasteiger partial charge is 0.176 e. The summed E-state index contributed by atoms with van der Waals surface area (Å²) in [5.41, 5.74) is 1.31. The standard InChI is InChI=1S/C13H29N3Si2/c1-8-18(9-2,10-3)15(4)13-11-14-16(12-13)17(5,6)7/h11-12H,8-10H2,1-7H3. The molecule has 0 fully saturated rings. The molecule has 1 heterocycles. The molecule has 1 aromatic heterocycles. The quantitative estimate of drug-likeness (QED) is 0.736. The largest absolute Gasteiger partial charge is 0.397 e. The second-order valence-corrected chi connectivity index (χ2v) is 16.2. The summed E-state index contributed by atoms with van der Waals surface area (Å²) in [6.07, 6.45) is 4.32. The highest BCUT2D eigenvalue weighted by molar-refractivity contribution is 6.83. The molecular weight excluding hydrogens is 254 g/mol.